The average Bonchev–Trinajstić information content (AvgIpc) is 3.18. The molecule has 1 saturated heterocycles. The molecule has 1 heterocycles. The highest BCUT2D eigenvalue weighted by atomic mass is 32.2. The van der Waals surface area contributed by atoms with Crippen LogP contribution in [-0.2, 0) is 38.7 Å². The Bertz CT molecular complexity index is 1310. The van der Waals surface area contributed by atoms with Gasteiger partial charge in [0.25, 0.3) is 10.1 Å². The Morgan fingerprint density at radius 2 is 1.09 bits per heavy atom. The number of carbonyl (C=O) groups is 2. The first kappa shape index (κ1) is 53.4. The Morgan fingerprint density at radius 3 is 1.62 bits per heavy atom. The number of hydrogen-bond donors (Lipinski definition) is 4. The van der Waals surface area contributed by atoms with Gasteiger partial charge >= 0.3 is 11.9 Å². The van der Waals surface area contributed by atoms with Crippen molar-refractivity contribution < 1.29 is 56.8 Å². The fraction of sp³-hybridized carbons (Fsp3) is 0.733. The molecule has 13 heteroatoms. The van der Waals surface area contributed by atoms with Crippen LogP contribution in [-0.4, -0.2) is 96.0 Å². The molecule has 0 aliphatic carbocycles. The van der Waals surface area contributed by atoms with Crippen LogP contribution in [0.5, 0.6) is 0 Å². The maximum absolute atomic E-state index is 12.8. The maximum atomic E-state index is 12.8. The number of rotatable bonds is 35. The first-order chi connectivity index (χ1) is 28.0. The molecular formula is C45H76O12S. The van der Waals surface area contributed by atoms with E-state index >= 15 is 0 Å². The molecule has 0 spiro atoms. The lowest BCUT2D eigenvalue weighted by Gasteiger charge is -2.40. The summed E-state index contributed by atoms with van der Waals surface area (Å²) in [5, 5.41) is 30.8. The van der Waals surface area contributed by atoms with Crippen molar-refractivity contribution >= 4 is 22.1 Å². The number of unbranched alkanes of at least 4 members (excludes halogenated alkanes) is 13. The third-order valence-corrected chi connectivity index (χ3v) is 10.3. The van der Waals surface area contributed by atoms with Gasteiger partial charge in [0.05, 0.1) is 6.61 Å². The highest BCUT2D eigenvalue weighted by Gasteiger charge is 2.46. The molecule has 0 aromatic carbocycles. The second-order valence-corrected chi connectivity index (χ2v) is 16.5. The minimum atomic E-state index is -4.61. The van der Waals surface area contributed by atoms with Crippen molar-refractivity contribution in [1.29, 1.82) is 0 Å². The second-order valence-electron chi connectivity index (χ2n) is 15.0. The van der Waals surface area contributed by atoms with E-state index in [-0.39, 0.29) is 19.4 Å². The van der Waals surface area contributed by atoms with E-state index in [0.29, 0.717) is 12.8 Å². The molecule has 4 N–H and O–H groups in total. The number of aliphatic hydroxyl groups is 3. The lowest BCUT2D eigenvalue weighted by Crippen LogP contribution is -2.60. The van der Waals surface area contributed by atoms with E-state index in [0.717, 1.165) is 96.3 Å². The maximum Gasteiger partial charge on any atom is 0.306 e. The van der Waals surface area contributed by atoms with Gasteiger partial charge in [-0.2, -0.15) is 8.42 Å². The fourth-order valence-corrected chi connectivity index (χ4v) is 6.88. The SMILES string of the molecule is CC/C=C\C/C=C\C/C=C\CCCCCCCC(=O)OC(COC(=O)CCCCCCC/C=C\C/C=C\CCCCC)COC1OC(CS(=O)(=O)O)C(O)C(O)C1O. The number of ether oxygens (including phenoxy) is 4. The number of allylic oxidation sites excluding steroid dienone is 10. The molecule has 58 heavy (non-hydrogen) atoms. The molecule has 0 amide bonds. The Labute approximate surface area is 349 Å². The average molecular weight is 841 g/mol. The van der Waals surface area contributed by atoms with Crippen molar-refractivity contribution in [3.05, 3.63) is 60.8 Å². The molecule has 1 aliphatic rings. The molecule has 1 aliphatic heterocycles. The van der Waals surface area contributed by atoms with Gasteiger partial charge in [-0.05, 0) is 77.0 Å². The van der Waals surface area contributed by atoms with Gasteiger partial charge in [-0.25, -0.2) is 0 Å². The van der Waals surface area contributed by atoms with Crippen LogP contribution in [0.1, 0.15) is 155 Å². The Balaban J connectivity index is 2.49. The Kier molecular flexibility index (Phi) is 32.3. The molecule has 334 valence electrons. The fourth-order valence-electron chi connectivity index (χ4n) is 6.19. The number of hydrogen-bond acceptors (Lipinski definition) is 11. The van der Waals surface area contributed by atoms with Crippen molar-refractivity contribution in [2.75, 3.05) is 19.0 Å². The van der Waals surface area contributed by atoms with Crippen LogP contribution in [0.15, 0.2) is 60.8 Å². The van der Waals surface area contributed by atoms with E-state index in [1.165, 1.54) is 19.3 Å². The summed E-state index contributed by atoms with van der Waals surface area (Å²) >= 11 is 0. The van der Waals surface area contributed by atoms with E-state index in [2.05, 4.69) is 74.6 Å². The van der Waals surface area contributed by atoms with Crippen molar-refractivity contribution in [1.82, 2.24) is 0 Å². The van der Waals surface area contributed by atoms with E-state index in [9.17, 15) is 37.9 Å². The zero-order chi connectivity index (χ0) is 42.7. The number of carbonyl (C=O) groups excluding carboxylic acids is 2. The third-order valence-electron chi connectivity index (χ3n) is 9.58. The standard InChI is InChI=1S/C45H76O12S/c1-3-5-7-9-11-13-15-17-19-21-23-25-27-29-31-33-40(46)54-35-38(36-55-45-44(50)43(49)42(48)39(57-45)37-58(51,52)53)56-41(47)34-32-30-28-26-24-22-20-18-16-14-12-10-8-6-4-2/h6,8,11-14,17-20,38-39,42-45,48-50H,3-5,7,9-10,15-16,21-37H2,1-2H3,(H,51,52,53)/b8-6-,13-11-,14-12-,19-17-,20-18-. The highest BCUT2D eigenvalue weighted by Crippen LogP contribution is 2.24. The highest BCUT2D eigenvalue weighted by molar-refractivity contribution is 7.85. The lowest BCUT2D eigenvalue weighted by atomic mass is 10.00. The van der Waals surface area contributed by atoms with Crippen molar-refractivity contribution in [2.24, 2.45) is 0 Å². The lowest BCUT2D eigenvalue weighted by molar-refractivity contribution is -0.297. The quantitative estimate of drug-likeness (QED) is 0.0207. The van der Waals surface area contributed by atoms with Gasteiger partial charge in [0.2, 0.25) is 0 Å². The molecule has 0 saturated carbocycles. The summed E-state index contributed by atoms with van der Waals surface area (Å²) in [6, 6.07) is 0. The summed E-state index contributed by atoms with van der Waals surface area (Å²) in [6.07, 6.45) is 32.6. The van der Waals surface area contributed by atoms with Crippen LogP contribution >= 0.6 is 0 Å². The van der Waals surface area contributed by atoms with Crippen LogP contribution in [0.4, 0.5) is 0 Å². The van der Waals surface area contributed by atoms with Gasteiger partial charge in [0.15, 0.2) is 12.4 Å². The largest absolute Gasteiger partial charge is 0.462 e. The van der Waals surface area contributed by atoms with Gasteiger partial charge < -0.3 is 34.3 Å². The molecule has 0 radical (unpaired) electrons. The summed E-state index contributed by atoms with van der Waals surface area (Å²) in [6.45, 7) is 3.58. The smallest absolute Gasteiger partial charge is 0.306 e. The molecule has 0 bridgehead atoms. The third kappa shape index (κ3) is 29.5. The first-order valence-electron chi connectivity index (χ1n) is 21.8. The topological polar surface area (TPSA) is 186 Å². The van der Waals surface area contributed by atoms with Gasteiger partial charge in [-0.1, -0.05) is 126 Å². The van der Waals surface area contributed by atoms with Crippen molar-refractivity contribution in [3.63, 3.8) is 0 Å². The molecule has 0 aromatic rings. The zero-order valence-corrected chi connectivity index (χ0v) is 36.2. The van der Waals surface area contributed by atoms with Crippen LogP contribution in [0, 0.1) is 0 Å². The number of aliphatic hydroxyl groups excluding tert-OH is 3. The Hall–Kier alpha value is -2.65. The van der Waals surface area contributed by atoms with Crippen molar-refractivity contribution in [3.8, 4) is 0 Å². The minimum absolute atomic E-state index is 0.139. The van der Waals surface area contributed by atoms with Crippen LogP contribution in [0.25, 0.3) is 0 Å². The van der Waals surface area contributed by atoms with E-state index < -0.39 is 71.2 Å². The minimum Gasteiger partial charge on any atom is -0.462 e. The van der Waals surface area contributed by atoms with Gasteiger partial charge in [0, 0.05) is 12.8 Å². The molecule has 6 unspecified atom stereocenters. The van der Waals surface area contributed by atoms with Crippen LogP contribution in [0.3, 0.4) is 0 Å². The number of esters is 2. The van der Waals surface area contributed by atoms with E-state index in [4.69, 9.17) is 18.9 Å². The van der Waals surface area contributed by atoms with Crippen LogP contribution in [0.2, 0.25) is 0 Å². The molecule has 6 atom stereocenters. The van der Waals surface area contributed by atoms with Crippen LogP contribution < -0.4 is 0 Å². The molecule has 1 rings (SSSR count). The summed E-state index contributed by atoms with van der Waals surface area (Å²) in [4.78, 5) is 25.4. The van der Waals surface area contributed by atoms with Gasteiger partial charge in [0.1, 0.15) is 36.8 Å². The molecular weight excluding hydrogens is 765 g/mol. The summed E-state index contributed by atoms with van der Waals surface area (Å²) in [5.74, 6) is -2.03. The van der Waals surface area contributed by atoms with E-state index in [1.54, 1.807) is 0 Å². The van der Waals surface area contributed by atoms with E-state index in [1.807, 2.05) is 0 Å². The van der Waals surface area contributed by atoms with Gasteiger partial charge in [-0.3, -0.25) is 14.1 Å². The van der Waals surface area contributed by atoms with Crippen molar-refractivity contribution in [2.45, 2.75) is 192 Å². The predicted molar refractivity (Wildman–Crippen MR) is 229 cm³/mol. The summed E-state index contributed by atoms with van der Waals surface area (Å²) in [5.41, 5.74) is 0. The molecule has 12 nitrogen and oxygen atoms in total. The monoisotopic (exact) mass is 841 g/mol. The second kappa shape index (κ2) is 35.1. The molecule has 1 fully saturated rings. The zero-order valence-electron chi connectivity index (χ0n) is 35.4. The predicted octanol–water partition coefficient (Wildman–Crippen LogP) is 8.56. The Morgan fingerprint density at radius 1 is 0.603 bits per heavy atom. The normalized spacial score (nSPS) is 21.0. The molecule has 0 aromatic heterocycles. The summed E-state index contributed by atoms with van der Waals surface area (Å²) in [7, 11) is -4.61. The first-order valence-corrected chi connectivity index (χ1v) is 23.5. The van der Waals surface area contributed by atoms with Gasteiger partial charge in [-0.15, -0.1) is 0 Å². The summed E-state index contributed by atoms with van der Waals surface area (Å²) < 4.78 is 54.0.